The quantitative estimate of drug-likeness (QED) is 0.258. The van der Waals surface area contributed by atoms with E-state index in [0.29, 0.717) is 32.3 Å². The molecule has 0 bridgehead atoms. The van der Waals surface area contributed by atoms with Gasteiger partial charge in [0.1, 0.15) is 5.75 Å². The SMILES string of the molecule is CCCCOc1cc(Br)ccc1[C@H]1N(c2ccccc2)C(=O)C12CCC(O)(c1ccccc1)CC2. The van der Waals surface area contributed by atoms with Crippen molar-refractivity contribution in [2.24, 2.45) is 5.41 Å². The normalized spacial score (nSPS) is 26.0. The van der Waals surface area contributed by atoms with Gasteiger partial charge in [-0.05, 0) is 61.9 Å². The van der Waals surface area contributed by atoms with Crippen molar-refractivity contribution in [2.45, 2.75) is 57.1 Å². The van der Waals surface area contributed by atoms with Gasteiger partial charge in [-0.2, -0.15) is 0 Å². The fraction of sp³-hybridized carbons (Fsp3) is 0.367. The topological polar surface area (TPSA) is 49.8 Å². The Hall–Kier alpha value is -2.63. The highest BCUT2D eigenvalue weighted by Crippen LogP contribution is 2.62. The van der Waals surface area contributed by atoms with Crippen molar-refractivity contribution in [1.82, 2.24) is 0 Å². The maximum atomic E-state index is 13.9. The Morgan fingerprint density at radius 1 is 0.971 bits per heavy atom. The van der Waals surface area contributed by atoms with E-state index in [-0.39, 0.29) is 11.9 Å². The lowest BCUT2D eigenvalue weighted by Gasteiger charge is -2.59. The third kappa shape index (κ3) is 4.30. The van der Waals surface area contributed by atoms with Crippen LogP contribution < -0.4 is 9.64 Å². The number of nitrogens with zero attached hydrogens (tertiary/aromatic N) is 1. The molecule has 0 unspecified atom stereocenters. The Labute approximate surface area is 216 Å². The molecule has 1 atom stereocenters. The molecular weight excluding hydrogens is 502 g/mol. The van der Waals surface area contributed by atoms with E-state index in [1.165, 1.54) is 0 Å². The summed E-state index contributed by atoms with van der Waals surface area (Å²) in [6, 6.07) is 25.8. The van der Waals surface area contributed by atoms with Gasteiger partial charge in [0.15, 0.2) is 0 Å². The maximum Gasteiger partial charge on any atom is 0.236 e. The lowest BCUT2D eigenvalue weighted by atomic mass is 9.56. The van der Waals surface area contributed by atoms with Crippen molar-refractivity contribution in [3.8, 4) is 5.75 Å². The molecule has 1 N–H and O–H groups in total. The Morgan fingerprint density at radius 2 is 1.63 bits per heavy atom. The van der Waals surface area contributed by atoms with Gasteiger partial charge in [0.2, 0.25) is 5.91 Å². The minimum Gasteiger partial charge on any atom is -0.493 e. The number of carbonyl (C=O) groups is 1. The summed E-state index contributed by atoms with van der Waals surface area (Å²) in [5.74, 6) is 0.973. The van der Waals surface area contributed by atoms with Crippen LogP contribution in [0.25, 0.3) is 0 Å². The molecule has 3 aromatic carbocycles. The van der Waals surface area contributed by atoms with Gasteiger partial charge in [-0.25, -0.2) is 0 Å². The van der Waals surface area contributed by atoms with Crippen LogP contribution in [0, 0.1) is 5.41 Å². The first-order valence-corrected chi connectivity index (χ1v) is 13.4. The summed E-state index contributed by atoms with van der Waals surface area (Å²) in [7, 11) is 0. The molecule has 5 rings (SSSR count). The van der Waals surface area contributed by atoms with Crippen LogP contribution in [0.5, 0.6) is 5.75 Å². The molecule has 1 saturated heterocycles. The number of aliphatic hydroxyl groups is 1. The number of unbranched alkanes of at least 4 members (excludes halogenated alkanes) is 1. The third-order valence-electron chi connectivity index (χ3n) is 7.77. The highest BCUT2D eigenvalue weighted by atomic mass is 79.9. The van der Waals surface area contributed by atoms with E-state index in [9.17, 15) is 9.90 Å². The number of hydrogen-bond donors (Lipinski definition) is 1. The lowest BCUT2D eigenvalue weighted by molar-refractivity contribution is -0.149. The van der Waals surface area contributed by atoms with Crippen molar-refractivity contribution in [3.05, 3.63) is 94.5 Å². The monoisotopic (exact) mass is 533 g/mol. The summed E-state index contributed by atoms with van der Waals surface area (Å²) in [5.41, 5.74) is 1.43. The number of anilines is 1. The van der Waals surface area contributed by atoms with Gasteiger partial charge in [0.05, 0.1) is 23.7 Å². The number of rotatable bonds is 7. The molecule has 3 aromatic rings. The highest BCUT2D eigenvalue weighted by Gasteiger charge is 2.64. The van der Waals surface area contributed by atoms with Crippen molar-refractivity contribution in [2.75, 3.05) is 11.5 Å². The summed E-state index contributed by atoms with van der Waals surface area (Å²) in [5, 5.41) is 11.5. The standard InChI is InChI=1S/C30H32BrNO3/c1-2-3-20-35-26-21-23(31)14-15-25(26)27-29(28(33)32(27)24-12-8-5-9-13-24)16-18-30(34,19-17-29)22-10-6-4-7-11-22/h4-15,21,27,34H,2-3,16-20H2,1H3/t27-,29?,30?/m1/s1. The lowest BCUT2D eigenvalue weighted by Crippen LogP contribution is -2.65. The van der Waals surface area contributed by atoms with Crippen LogP contribution >= 0.6 is 15.9 Å². The first kappa shape index (κ1) is 24.1. The molecule has 1 aliphatic carbocycles. The van der Waals surface area contributed by atoms with E-state index >= 15 is 0 Å². The average molecular weight is 534 g/mol. The summed E-state index contributed by atoms with van der Waals surface area (Å²) in [6.07, 6.45) is 4.43. The number of carbonyl (C=O) groups excluding carboxylic acids is 1. The van der Waals surface area contributed by atoms with E-state index in [2.05, 4.69) is 28.9 Å². The molecule has 4 nitrogen and oxygen atoms in total. The zero-order valence-corrected chi connectivity index (χ0v) is 21.7. The summed E-state index contributed by atoms with van der Waals surface area (Å²) in [6.45, 7) is 2.80. The van der Waals surface area contributed by atoms with Gasteiger partial charge in [-0.3, -0.25) is 4.79 Å². The molecular formula is C30H32BrNO3. The molecule has 1 aliphatic heterocycles. The maximum absolute atomic E-state index is 13.9. The van der Waals surface area contributed by atoms with Gasteiger partial charge in [-0.15, -0.1) is 0 Å². The second-order valence-corrected chi connectivity index (χ2v) is 10.8. The largest absolute Gasteiger partial charge is 0.493 e. The van der Waals surface area contributed by atoms with E-state index in [0.717, 1.165) is 39.9 Å². The van der Waals surface area contributed by atoms with Gasteiger partial charge in [0.25, 0.3) is 0 Å². The van der Waals surface area contributed by atoms with Crippen LogP contribution in [0.4, 0.5) is 5.69 Å². The molecule has 0 radical (unpaired) electrons. The van der Waals surface area contributed by atoms with E-state index in [4.69, 9.17) is 4.74 Å². The van der Waals surface area contributed by atoms with Crippen LogP contribution in [0.15, 0.2) is 83.3 Å². The second kappa shape index (κ2) is 9.79. The van der Waals surface area contributed by atoms with Crippen molar-refractivity contribution in [1.29, 1.82) is 0 Å². The average Bonchev–Trinajstić information content (AvgIpc) is 2.89. The number of hydrogen-bond acceptors (Lipinski definition) is 3. The molecule has 0 aromatic heterocycles. The predicted molar refractivity (Wildman–Crippen MR) is 142 cm³/mol. The zero-order chi connectivity index (χ0) is 24.5. The fourth-order valence-electron chi connectivity index (χ4n) is 5.77. The number of amides is 1. The van der Waals surface area contributed by atoms with Crippen LogP contribution in [0.3, 0.4) is 0 Å². The van der Waals surface area contributed by atoms with Gasteiger partial charge >= 0.3 is 0 Å². The number of halogens is 1. The number of ether oxygens (including phenoxy) is 1. The predicted octanol–water partition coefficient (Wildman–Crippen LogP) is 7.16. The van der Waals surface area contributed by atoms with Crippen LogP contribution in [-0.2, 0) is 10.4 Å². The van der Waals surface area contributed by atoms with Gasteiger partial charge < -0.3 is 14.7 Å². The van der Waals surface area contributed by atoms with Gasteiger partial charge in [0, 0.05) is 15.7 Å². The van der Waals surface area contributed by atoms with Crippen molar-refractivity contribution >= 4 is 27.5 Å². The molecule has 1 saturated carbocycles. The molecule has 2 fully saturated rings. The molecule has 1 heterocycles. The first-order chi connectivity index (χ1) is 17.0. The third-order valence-corrected chi connectivity index (χ3v) is 8.26. The number of β-lactam (4-membered cyclic amide) rings is 1. The minimum absolute atomic E-state index is 0.137. The fourth-order valence-corrected chi connectivity index (χ4v) is 6.11. The Bertz CT molecular complexity index is 1170. The molecule has 182 valence electrons. The number of para-hydroxylation sites is 1. The van der Waals surface area contributed by atoms with Crippen LogP contribution in [0.2, 0.25) is 0 Å². The summed E-state index contributed by atoms with van der Waals surface area (Å²) in [4.78, 5) is 15.8. The van der Waals surface area contributed by atoms with E-state index < -0.39 is 11.0 Å². The van der Waals surface area contributed by atoms with E-state index in [1.807, 2.05) is 77.7 Å². The van der Waals surface area contributed by atoms with Crippen LogP contribution in [-0.4, -0.2) is 17.6 Å². The minimum atomic E-state index is -0.898. The van der Waals surface area contributed by atoms with Crippen molar-refractivity contribution in [3.63, 3.8) is 0 Å². The molecule has 1 spiro atoms. The highest BCUT2D eigenvalue weighted by molar-refractivity contribution is 9.10. The molecule has 5 heteroatoms. The summed E-state index contributed by atoms with van der Waals surface area (Å²) < 4.78 is 7.22. The Balaban J connectivity index is 1.52. The number of benzene rings is 3. The zero-order valence-electron chi connectivity index (χ0n) is 20.1. The Kier molecular flexibility index (Phi) is 6.73. The van der Waals surface area contributed by atoms with Gasteiger partial charge in [-0.1, -0.05) is 83.9 Å². The van der Waals surface area contributed by atoms with Crippen molar-refractivity contribution < 1.29 is 14.6 Å². The summed E-state index contributed by atoms with van der Waals surface area (Å²) >= 11 is 3.60. The smallest absolute Gasteiger partial charge is 0.236 e. The second-order valence-electron chi connectivity index (χ2n) is 9.85. The van der Waals surface area contributed by atoms with Crippen LogP contribution in [0.1, 0.15) is 62.6 Å². The molecule has 2 aliphatic rings. The molecule has 35 heavy (non-hydrogen) atoms. The first-order valence-electron chi connectivity index (χ1n) is 12.6. The van der Waals surface area contributed by atoms with E-state index in [1.54, 1.807) is 0 Å². The Morgan fingerprint density at radius 3 is 2.29 bits per heavy atom. The molecule has 1 amide bonds.